The van der Waals surface area contributed by atoms with Crippen LogP contribution in [0.25, 0.3) is 0 Å². The average molecular weight is 334 g/mol. The van der Waals surface area contributed by atoms with Gasteiger partial charge in [-0.3, -0.25) is 0 Å². The molecule has 122 valence electrons. The van der Waals surface area contributed by atoms with E-state index < -0.39 is 24.7 Å². The van der Waals surface area contributed by atoms with E-state index in [1.54, 1.807) is 12.3 Å². The third-order valence-corrected chi connectivity index (χ3v) is 4.70. The van der Waals surface area contributed by atoms with E-state index in [4.69, 9.17) is 9.31 Å². The summed E-state index contributed by atoms with van der Waals surface area (Å²) in [5.74, 6) is -0.222. The molecule has 22 heavy (non-hydrogen) atoms. The fraction of sp³-hybridized carbons (Fsp3) is 0.571. The van der Waals surface area contributed by atoms with Gasteiger partial charge in [0.05, 0.1) is 11.2 Å². The summed E-state index contributed by atoms with van der Waals surface area (Å²) in [6, 6.07) is 4.43. The van der Waals surface area contributed by atoms with Crippen LogP contribution in [0.2, 0.25) is 0 Å². The molecule has 0 atom stereocenters. The van der Waals surface area contributed by atoms with Crippen LogP contribution in [-0.4, -0.2) is 30.9 Å². The van der Waals surface area contributed by atoms with Crippen LogP contribution < -0.4 is 10.2 Å². The first-order valence-electron chi connectivity index (χ1n) is 6.74. The standard InChI is InChI=1S/C14H18BF3O3S/c1-12(2)13(3,4)21-15(20-12)9-6-7-10(11(8-9)22-5)19-14(16,17)18/h6-8H,1-5H3. The molecule has 1 heterocycles. The first-order chi connectivity index (χ1) is 9.95. The van der Waals surface area contributed by atoms with Crippen molar-refractivity contribution in [2.45, 2.75) is 50.2 Å². The van der Waals surface area contributed by atoms with Crippen molar-refractivity contribution in [3.05, 3.63) is 18.2 Å². The molecule has 0 radical (unpaired) electrons. The van der Waals surface area contributed by atoms with Gasteiger partial charge in [0, 0.05) is 4.90 Å². The van der Waals surface area contributed by atoms with Crippen LogP contribution in [0.1, 0.15) is 27.7 Å². The maximum atomic E-state index is 12.4. The van der Waals surface area contributed by atoms with Crippen LogP contribution in [0.15, 0.2) is 23.1 Å². The average Bonchev–Trinajstić information content (AvgIpc) is 2.57. The summed E-state index contributed by atoms with van der Waals surface area (Å²) < 4.78 is 53.0. The largest absolute Gasteiger partial charge is 0.573 e. The van der Waals surface area contributed by atoms with Gasteiger partial charge in [0.15, 0.2) is 0 Å². The predicted octanol–water partition coefficient (Wildman–Crippen LogP) is 3.61. The monoisotopic (exact) mass is 334 g/mol. The lowest BCUT2D eigenvalue weighted by atomic mass is 9.79. The van der Waals surface area contributed by atoms with Gasteiger partial charge in [-0.25, -0.2) is 0 Å². The molecule has 0 aromatic heterocycles. The first kappa shape index (κ1) is 17.5. The minimum atomic E-state index is -4.71. The number of halogens is 3. The zero-order chi connectivity index (χ0) is 16.8. The molecule has 0 N–H and O–H groups in total. The van der Waals surface area contributed by atoms with Crippen molar-refractivity contribution >= 4 is 24.3 Å². The molecule has 0 saturated carbocycles. The maximum Gasteiger partial charge on any atom is 0.573 e. The molecule has 2 rings (SSSR count). The molecular weight excluding hydrogens is 316 g/mol. The Morgan fingerprint density at radius 3 is 2.09 bits per heavy atom. The van der Waals surface area contributed by atoms with Crippen molar-refractivity contribution in [2.24, 2.45) is 0 Å². The summed E-state index contributed by atoms with van der Waals surface area (Å²) in [5.41, 5.74) is -0.339. The van der Waals surface area contributed by atoms with Crippen molar-refractivity contribution in [3.63, 3.8) is 0 Å². The fourth-order valence-corrected chi connectivity index (χ4v) is 2.58. The highest BCUT2D eigenvalue weighted by Crippen LogP contribution is 2.37. The molecule has 3 nitrogen and oxygen atoms in total. The molecular formula is C14H18BF3O3S. The quantitative estimate of drug-likeness (QED) is 0.624. The molecule has 1 fully saturated rings. The van der Waals surface area contributed by atoms with E-state index in [1.165, 1.54) is 23.9 Å². The lowest BCUT2D eigenvalue weighted by Gasteiger charge is -2.32. The Bertz CT molecular complexity index is 545. The van der Waals surface area contributed by atoms with E-state index in [9.17, 15) is 13.2 Å². The summed E-state index contributed by atoms with van der Waals surface area (Å²) in [6.45, 7) is 7.68. The highest BCUT2D eigenvalue weighted by molar-refractivity contribution is 7.98. The van der Waals surface area contributed by atoms with Crippen LogP contribution in [0.4, 0.5) is 13.2 Å². The van der Waals surface area contributed by atoms with E-state index >= 15 is 0 Å². The first-order valence-corrected chi connectivity index (χ1v) is 7.97. The second-order valence-electron chi connectivity index (χ2n) is 6.05. The van der Waals surface area contributed by atoms with Gasteiger partial charge in [-0.05, 0) is 51.5 Å². The van der Waals surface area contributed by atoms with Crippen LogP contribution in [0.3, 0.4) is 0 Å². The SMILES string of the molecule is CSc1cc(B2OC(C)(C)C(C)(C)O2)ccc1OC(F)(F)F. The summed E-state index contributed by atoms with van der Waals surface area (Å²) in [5, 5.41) is 0. The van der Waals surface area contributed by atoms with E-state index in [0.29, 0.717) is 10.4 Å². The Labute approximate surface area is 132 Å². The normalized spacial score (nSPS) is 20.3. The van der Waals surface area contributed by atoms with Gasteiger partial charge < -0.3 is 14.0 Å². The Kier molecular flexibility index (Phi) is 4.50. The van der Waals surface area contributed by atoms with Gasteiger partial charge in [0.1, 0.15) is 5.75 Å². The van der Waals surface area contributed by atoms with Crippen molar-refractivity contribution < 1.29 is 27.2 Å². The second-order valence-corrected chi connectivity index (χ2v) is 6.89. The van der Waals surface area contributed by atoms with Crippen molar-refractivity contribution in [1.29, 1.82) is 0 Å². The Balaban J connectivity index is 2.28. The molecule has 0 bridgehead atoms. The Hall–Kier alpha value is -0.855. The maximum absolute atomic E-state index is 12.4. The molecule has 1 aromatic rings. The van der Waals surface area contributed by atoms with E-state index in [0.717, 1.165) is 0 Å². The molecule has 0 aliphatic carbocycles. The number of thioether (sulfide) groups is 1. The third kappa shape index (κ3) is 3.55. The topological polar surface area (TPSA) is 27.7 Å². The van der Waals surface area contributed by atoms with Crippen LogP contribution >= 0.6 is 11.8 Å². The summed E-state index contributed by atoms with van der Waals surface area (Å²) in [4.78, 5) is 0.379. The molecule has 0 spiro atoms. The molecule has 1 saturated heterocycles. The molecule has 1 aliphatic heterocycles. The molecule has 0 unspecified atom stereocenters. The van der Waals surface area contributed by atoms with Gasteiger partial charge >= 0.3 is 13.5 Å². The zero-order valence-corrected chi connectivity index (χ0v) is 13.9. The van der Waals surface area contributed by atoms with E-state index in [-0.39, 0.29) is 5.75 Å². The zero-order valence-electron chi connectivity index (χ0n) is 13.1. The summed E-state index contributed by atoms with van der Waals surface area (Å²) in [7, 11) is -0.615. The van der Waals surface area contributed by atoms with Crippen molar-refractivity contribution in [3.8, 4) is 5.75 Å². The van der Waals surface area contributed by atoms with Gasteiger partial charge in [-0.2, -0.15) is 0 Å². The van der Waals surface area contributed by atoms with Gasteiger partial charge in [-0.15, -0.1) is 24.9 Å². The Morgan fingerprint density at radius 2 is 1.64 bits per heavy atom. The van der Waals surface area contributed by atoms with Gasteiger partial charge in [0.25, 0.3) is 0 Å². The molecule has 0 amide bonds. The lowest BCUT2D eigenvalue weighted by molar-refractivity contribution is -0.275. The van der Waals surface area contributed by atoms with E-state index in [1.807, 2.05) is 27.7 Å². The summed E-state index contributed by atoms with van der Waals surface area (Å²) >= 11 is 1.17. The summed E-state index contributed by atoms with van der Waals surface area (Å²) in [6.07, 6.45) is -3.02. The van der Waals surface area contributed by atoms with Gasteiger partial charge in [-0.1, -0.05) is 6.07 Å². The fourth-order valence-electron chi connectivity index (χ4n) is 2.02. The third-order valence-electron chi connectivity index (χ3n) is 3.94. The molecule has 8 heteroatoms. The molecule has 1 aliphatic rings. The minimum absolute atomic E-state index is 0.222. The Morgan fingerprint density at radius 1 is 1.09 bits per heavy atom. The highest BCUT2D eigenvalue weighted by Gasteiger charge is 2.51. The van der Waals surface area contributed by atoms with Crippen LogP contribution in [-0.2, 0) is 9.31 Å². The predicted molar refractivity (Wildman–Crippen MR) is 80.6 cm³/mol. The van der Waals surface area contributed by atoms with Crippen molar-refractivity contribution in [1.82, 2.24) is 0 Å². The van der Waals surface area contributed by atoms with E-state index in [2.05, 4.69) is 4.74 Å². The lowest BCUT2D eigenvalue weighted by Crippen LogP contribution is -2.41. The van der Waals surface area contributed by atoms with Gasteiger partial charge in [0.2, 0.25) is 0 Å². The van der Waals surface area contributed by atoms with Crippen LogP contribution in [0.5, 0.6) is 5.75 Å². The molecule has 1 aromatic carbocycles. The number of hydrogen-bond acceptors (Lipinski definition) is 4. The minimum Gasteiger partial charge on any atom is -0.405 e. The number of ether oxygens (including phenoxy) is 1. The number of hydrogen-bond donors (Lipinski definition) is 0. The van der Waals surface area contributed by atoms with Crippen molar-refractivity contribution in [2.75, 3.05) is 6.26 Å². The smallest absolute Gasteiger partial charge is 0.405 e. The van der Waals surface area contributed by atoms with Crippen LogP contribution in [0, 0.1) is 0 Å². The second kappa shape index (κ2) is 5.65. The number of rotatable bonds is 3. The number of alkyl halides is 3. The number of benzene rings is 1. The highest BCUT2D eigenvalue weighted by atomic mass is 32.2.